The molecule has 1 aromatic rings. The van der Waals surface area contributed by atoms with Gasteiger partial charge in [-0.1, -0.05) is 26.0 Å². The van der Waals surface area contributed by atoms with Gasteiger partial charge in [-0.05, 0) is 41.9 Å². The number of fused-ring (bicyclic) bond motifs is 1. The summed E-state index contributed by atoms with van der Waals surface area (Å²) in [7, 11) is 0. The fourth-order valence-electron chi connectivity index (χ4n) is 3.51. The third-order valence-corrected chi connectivity index (χ3v) is 4.59. The minimum Gasteiger partial charge on any atom is -0.370 e. The van der Waals surface area contributed by atoms with Crippen LogP contribution in [0.3, 0.4) is 0 Å². The fourth-order valence-corrected chi connectivity index (χ4v) is 3.51. The van der Waals surface area contributed by atoms with Crippen LogP contribution in [-0.4, -0.2) is 18.0 Å². The maximum atomic E-state index is 13.6. The summed E-state index contributed by atoms with van der Waals surface area (Å²) in [5, 5.41) is 3.24. The van der Waals surface area contributed by atoms with Crippen LogP contribution in [0, 0.1) is 11.7 Å². The highest BCUT2D eigenvalue weighted by molar-refractivity contribution is 5.80. The number of halogens is 1. The van der Waals surface area contributed by atoms with Gasteiger partial charge in [0.2, 0.25) is 0 Å². The van der Waals surface area contributed by atoms with E-state index in [0.717, 1.165) is 18.4 Å². The number of hydrogen-bond acceptors (Lipinski definition) is 3. The Balaban J connectivity index is 1.88. The molecule has 102 valence electrons. The highest BCUT2D eigenvalue weighted by Gasteiger charge is 2.44. The van der Waals surface area contributed by atoms with Crippen LogP contribution in [0.15, 0.2) is 23.2 Å². The molecule has 4 heteroatoms. The molecule has 4 atom stereocenters. The molecule has 0 aromatic heterocycles. The number of guanidine groups is 1. The van der Waals surface area contributed by atoms with E-state index in [1.54, 1.807) is 6.07 Å². The normalized spacial score (nSPS) is 32.9. The third kappa shape index (κ3) is 1.99. The second-order valence-electron chi connectivity index (χ2n) is 5.66. The van der Waals surface area contributed by atoms with E-state index in [1.807, 2.05) is 19.1 Å². The van der Waals surface area contributed by atoms with E-state index in [4.69, 9.17) is 5.73 Å². The van der Waals surface area contributed by atoms with Gasteiger partial charge in [-0.15, -0.1) is 0 Å². The summed E-state index contributed by atoms with van der Waals surface area (Å²) >= 11 is 0. The van der Waals surface area contributed by atoms with Crippen molar-refractivity contribution in [3.63, 3.8) is 0 Å². The van der Waals surface area contributed by atoms with Crippen LogP contribution in [0.25, 0.3) is 0 Å². The number of nitrogens with zero attached hydrogens (tertiary/aromatic N) is 1. The Bertz CT molecular complexity index is 526. The van der Waals surface area contributed by atoms with Gasteiger partial charge in [0.1, 0.15) is 5.82 Å². The van der Waals surface area contributed by atoms with Crippen LogP contribution in [0.1, 0.15) is 37.3 Å². The predicted molar refractivity (Wildman–Crippen MR) is 74.6 cm³/mol. The van der Waals surface area contributed by atoms with Gasteiger partial charge in [-0.25, -0.2) is 9.38 Å². The van der Waals surface area contributed by atoms with Crippen molar-refractivity contribution in [3.05, 3.63) is 35.1 Å². The molecular weight excluding hydrogens is 241 g/mol. The second kappa shape index (κ2) is 4.51. The smallest absolute Gasteiger partial charge is 0.189 e. The standard InChI is InChI=1S/C15H20FN3/c1-3-9-6-10(4-5-12(9)16)11-7-13-14(8(11)2)19-15(17)18-13/h4-6,8,11,13-14H,3,7H2,1-2H3,(H3,17,18,19)/t8-,11-,13?,14?/m0/s1. The minimum atomic E-state index is -0.0996. The van der Waals surface area contributed by atoms with Gasteiger partial charge >= 0.3 is 0 Å². The SMILES string of the molecule is CCc1cc([C@H]2CC3NC(N)=NC3[C@H]2C)ccc1F. The fraction of sp³-hybridized carbons (Fsp3) is 0.533. The van der Waals surface area contributed by atoms with E-state index in [1.165, 1.54) is 5.56 Å². The van der Waals surface area contributed by atoms with Gasteiger partial charge in [0.25, 0.3) is 0 Å². The number of nitrogens with two attached hydrogens (primary N) is 1. The maximum absolute atomic E-state index is 13.6. The summed E-state index contributed by atoms with van der Waals surface area (Å²) in [6, 6.07) is 6.14. The summed E-state index contributed by atoms with van der Waals surface area (Å²) in [5.41, 5.74) is 7.76. The Hall–Kier alpha value is -1.58. The van der Waals surface area contributed by atoms with E-state index in [9.17, 15) is 4.39 Å². The molecule has 0 amide bonds. The Morgan fingerprint density at radius 2 is 2.26 bits per heavy atom. The number of benzene rings is 1. The van der Waals surface area contributed by atoms with Crippen molar-refractivity contribution in [2.75, 3.05) is 0 Å². The Labute approximate surface area is 113 Å². The lowest BCUT2D eigenvalue weighted by Gasteiger charge is -2.18. The molecule has 1 aromatic carbocycles. The monoisotopic (exact) mass is 261 g/mol. The Morgan fingerprint density at radius 3 is 2.95 bits per heavy atom. The molecule has 3 N–H and O–H groups in total. The summed E-state index contributed by atoms with van der Waals surface area (Å²) in [5.74, 6) is 1.34. The van der Waals surface area contributed by atoms with E-state index in [-0.39, 0.29) is 11.9 Å². The largest absolute Gasteiger partial charge is 0.370 e. The van der Waals surface area contributed by atoms with Crippen LogP contribution >= 0.6 is 0 Å². The highest BCUT2D eigenvalue weighted by atomic mass is 19.1. The predicted octanol–water partition coefficient (Wildman–Crippen LogP) is 2.17. The van der Waals surface area contributed by atoms with Crippen LogP contribution < -0.4 is 11.1 Å². The lowest BCUT2D eigenvalue weighted by atomic mass is 9.88. The summed E-state index contributed by atoms with van der Waals surface area (Å²) in [4.78, 5) is 4.48. The van der Waals surface area contributed by atoms with Crippen molar-refractivity contribution in [3.8, 4) is 0 Å². The molecule has 0 radical (unpaired) electrons. The van der Waals surface area contributed by atoms with Gasteiger partial charge in [0, 0.05) is 0 Å². The lowest BCUT2D eigenvalue weighted by molar-refractivity contribution is 0.475. The topological polar surface area (TPSA) is 50.4 Å². The molecule has 1 aliphatic carbocycles. The molecule has 2 aliphatic rings. The average molecular weight is 261 g/mol. The first-order valence-electron chi connectivity index (χ1n) is 6.98. The summed E-state index contributed by atoms with van der Waals surface area (Å²) in [6.07, 6.45) is 1.75. The van der Waals surface area contributed by atoms with E-state index in [0.29, 0.717) is 23.8 Å². The van der Waals surface area contributed by atoms with Crippen molar-refractivity contribution >= 4 is 5.96 Å². The number of rotatable bonds is 2. The average Bonchev–Trinajstić information content (AvgIpc) is 2.89. The molecule has 19 heavy (non-hydrogen) atoms. The molecule has 0 spiro atoms. The molecule has 1 fully saturated rings. The highest BCUT2D eigenvalue weighted by Crippen LogP contribution is 2.43. The maximum Gasteiger partial charge on any atom is 0.189 e. The van der Waals surface area contributed by atoms with Gasteiger partial charge < -0.3 is 11.1 Å². The number of aliphatic imine (C=N–C) groups is 1. The zero-order valence-corrected chi connectivity index (χ0v) is 11.4. The van der Waals surface area contributed by atoms with Crippen LogP contribution in [0.2, 0.25) is 0 Å². The minimum absolute atomic E-state index is 0.0996. The molecule has 1 aliphatic heterocycles. The van der Waals surface area contributed by atoms with Crippen LogP contribution in [-0.2, 0) is 6.42 Å². The van der Waals surface area contributed by atoms with E-state index < -0.39 is 0 Å². The van der Waals surface area contributed by atoms with E-state index in [2.05, 4.69) is 17.2 Å². The molecule has 3 nitrogen and oxygen atoms in total. The van der Waals surface area contributed by atoms with Gasteiger partial charge in [0.05, 0.1) is 12.1 Å². The van der Waals surface area contributed by atoms with Crippen LogP contribution in [0.4, 0.5) is 4.39 Å². The Kier molecular flexibility index (Phi) is 2.96. The second-order valence-corrected chi connectivity index (χ2v) is 5.66. The number of hydrogen-bond donors (Lipinski definition) is 2. The zero-order valence-electron chi connectivity index (χ0n) is 11.4. The van der Waals surface area contributed by atoms with Gasteiger partial charge in [0.15, 0.2) is 5.96 Å². The molecule has 1 saturated carbocycles. The van der Waals surface area contributed by atoms with E-state index >= 15 is 0 Å². The first kappa shape index (κ1) is 12.5. The van der Waals surface area contributed by atoms with Crippen molar-refractivity contribution in [1.82, 2.24) is 5.32 Å². The van der Waals surface area contributed by atoms with Gasteiger partial charge in [-0.2, -0.15) is 0 Å². The van der Waals surface area contributed by atoms with Crippen molar-refractivity contribution < 1.29 is 4.39 Å². The quantitative estimate of drug-likeness (QED) is 0.857. The summed E-state index contributed by atoms with van der Waals surface area (Å²) in [6.45, 7) is 4.20. The van der Waals surface area contributed by atoms with Gasteiger partial charge in [-0.3, -0.25) is 0 Å². The molecule has 2 unspecified atom stereocenters. The first-order valence-corrected chi connectivity index (χ1v) is 6.98. The lowest BCUT2D eigenvalue weighted by Crippen LogP contribution is -2.35. The molecular formula is C15H20FN3. The number of aryl methyl sites for hydroxylation is 1. The Morgan fingerprint density at radius 1 is 1.47 bits per heavy atom. The van der Waals surface area contributed by atoms with Crippen LogP contribution in [0.5, 0.6) is 0 Å². The molecule has 3 rings (SSSR count). The molecule has 0 saturated heterocycles. The third-order valence-electron chi connectivity index (χ3n) is 4.59. The van der Waals surface area contributed by atoms with Crippen molar-refractivity contribution in [2.24, 2.45) is 16.6 Å². The zero-order chi connectivity index (χ0) is 13.6. The van der Waals surface area contributed by atoms with Crippen molar-refractivity contribution in [2.45, 2.75) is 44.7 Å². The number of nitrogens with one attached hydrogen (secondary N) is 1. The molecule has 1 heterocycles. The van der Waals surface area contributed by atoms with Crippen molar-refractivity contribution in [1.29, 1.82) is 0 Å². The molecule has 0 bridgehead atoms. The summed E-state index contributed by atoms with van der Waals surface area (Å²) < 4.78 is 13.6. The first-order chi connectivity index (χ1) is 9.10.